The first-order valence-electron chi connectivity index (χ1n) is 8.09. The molecule has 0 saturated heterocycles. The van der Waals surface area contributed by atoms with Gasteiger partial charge in [0.2, 0.25) is 0 Å². The first-order valence-corrected chi connectivity index (χ1v) is 8.09. The summed E-state index contributed by atoms with van der Waals surface area (Å²) in [5.41, 5.74) is 3.40. The molecule has 0 spiro atoms. The lowest BCUT2D eigenvalue weighted by Crippen LogP contribution is -2.25. The minimum Gasteiger partial charge on any atom is -0.504 e. The molecule has 2 aliphatic rings. The Hall–Kier alpha value is -2.40. The van der Waals surface area contributed by atoms with Gasteiger partial charge in [-0.25, -0.2) is 0 Å². The molecular weight excluding hydrogens is 306 g/mol. The van der Waals surface area contributed by atoms with Crippen LogP contribution in [0.2, 0.25) is 0 Å². The van der Waals surface area contributed by atoms with Gasteiger partial charge >= 0.3 is 0 Å². The Kier molecular flexibility index (Phi) is 3.53. The van der Waals surface area contributed by atoms with E-state index in [9.17, 15) is 5.11 Å². The number of hydrogen-bond donors (Lipinski definition) is 1. The van der Waals surface area contributed by atoms with Gasteiger partial charge in [0, 0.05) is 36.2 Å². The van der Waals surface area contributed by atoms with Gasteiger partial charge in [0.05, 0.1) is 14.2 Å². The molecule has 24 heavy (non-hydrogen) atoms. The molecule has 5 heteroatoms. The summed E-state index contributed by atoms with van der Waals surface area (Å²) in [6, 6.07) is 7.57. The van der Waals surface area contributed by atoms with Crippen LogP contribution in [0, 0.1) is 0 Å². The van der Waals surface area contributed by atoms with Crippen LogP contribution in [0.15, 0.2) is 24.3 Å². The molecule has 5 nitrogen and oxygen atoms in total. The standard InChI is InChI=1S/C19H21NO4/c1-20-7-6-11-4-5-14(21)19-18(11)13(10-20)12-8-16(22-2)17(23-3)9-15(12)24-19/h4-5,8-9,13,21H,6-7,10H2,1-3H3/t13-/m1/s1. The van der Waals surface area contributed by atoms with E-state index in [0.29, 0.717) is 23.0 Å². The van der Waals surface area contributed by atoms with Gasteiger partial charge in [-0.3, -0.25) is 0 Å². The highest BCUT2D eigenvalue weighted by Gasteiger charge is 2.35. The first-order chi connectivity index (χ1) is 11.6. The van der Waals surface area contributed by atoms with Crippen molar-refractivity contribution in [3.63, 3.8) is 0 Å². The van der Waals surface area contributed by atoms with Crippen LogP contribution >= 0.6 is 0 Å². The van der Waals surface area contributed by atoms with Gasteiger partial charge < -0.3 is 24.2 Å². The number of hydrogen-bond acceptors (Lipinski definition) is 5. The summed E-state index contributed by atoms with van der Waals surface area (Å²) >= 11 is 0. The van der Waals surface area contributed by atoms with Crippen LogP contribution in [0.3, 0.4) is 0 Å². The third-order valence-electron chi connectivity index (χ3n) is 4.97. The lowest BCUT2D eigenvalue weighted by molar-refractivity contribution is 0.321. The summed E-state index contributed by atoms with van der Waals surface area (Å²) in [7, 11) is 5.37. The predicted octanol–water partition coefficient (Wildman–Crippen LogP) is 3.13. The molecule has 0 saturated carbocycles. The maximum Gasteiger partial charge on any atom is 0.173 e. The van der Waals surface area contributed by atoms with Crippen LogP contribution < -0.4 is 14.2 Å². The zero-order valence-corrected chi connectivity index (χ0v) is 14.1. The van der Waals surface area contributed by atoms with Gasteiger partial charge in [0.25, 0.3) is 0 Å². The molecule has 2 aromatic rings. The zero-order valence-electron chi connectivity index (χ0n) is 14.1. The van der Waals surface area contributed by atoms with E-state index in [4.69, 9.17) is 14.2 Å². The molecule has 0 amide bonds. The van der Waals surface area contributed by atoms with Crippen molar-refractivity contribution in [2.24, 2.45) is 0 Å². The summed E-state index contributed by atoms with van der Waals surface area (Å²) < 4.78 is 16.9. The number of fused-ring (bicyclic) bond motifs is 2. The number of aromatic hydroxyl groups is 1. The molecule has 0 aliphatic carbocycles. The normalized spacial score (nSPS) is 18.9. The second-order valence-electron chi connectivity index (χ2n) is 6.40. The van der Waals surface area contributed by atoms with E-state index in [2.05, 4.69) is 11.9 Å². The molecule has 2 aliphatic heterocycles. The summed E-state index contributed by atoms with van der Waals surface area (Å²) in [5.74, 6) is 2.93. The lowest BCUT2D eigenvalue weighted by atomic mass is 9.84. The Balaban J connectivity index is 1.95. The number of likely N-dealkylation sites (N-methyl/N-ethyl adjacent to an activating group) is 1. The number of phenolic OH excluding ortho intramolecular Hbond substituents is 1. The van der Waals surface area contributed by atoms with Crippen molar-refractivity contribution in [1.29, 1.82) is 0 Å². The molecule has 1 atom stereocenters. The topological polar surface area (TPSA) is 51.2 Å². The van der Waals surface area contributed by atoms with Crippen molar-refractivity contribution in [2.75, 3.05) is 34.4 Å². The lowest BCUT2D eigenvalue weighted by Gasteiger charge is -2.31. The van der Waals surface area contributed by atoms with Crippen molar-refractivity contribution >= 4 is 0 Å². The number of nitrogens with zero attached hydrogens (tertiary/aromatic N) is 1. The van der Waals surface area contributed by atoms with Crippen LogP contribution in [0.1, 0.15) is 22.6 Å². The van der Waals surface area contributed by atoms with Crippen LogP contribution in [0.25, 0.3) is 0 Å². The van der Waals surface area contributed by atoms with Gasteiger partial charge in [0.1, 0.15) is 5.75 Å². The monoisotopic (exact) mass is 327 g/mol. The minimum absolute atomic E-state index is 0.137. The smallest absolute Gasteiger partial charge is 0.173 e. The molecule has 4 rings (SSSR count). The summed E-state index contributed by atoms with van der Waals surface area (Å²) in [5, 5.41) is 10.3. The van der Waals surface area contributed by atoms with E-state index >= 15 is 0 Å². The maximum absolute atomic E-state index is 10.3. The number of phenols is 1. The summed E-state index contributed by atoms with van der Waals surface area (Å²) in [6.45, 7) is 1.85. The molecule has 1 N–H and O–H groups in total. The third-order valence-corrected chi connectivity index (χ3v) is 4.97. The average Bonchev–Trinajstić information content (AvgIpc) is 2.76. The van der Waals surface area contributed by atoms with Crippen LogP contribution in [-0.4, -0.2) is 44.4 Å². The molecule has 0 aromatic heterocycles. The summed E-state index contributed by atoms with van der Waals surface area (Å²) in [6.07, 6.45) is 0.946. The van der Waals surface area contributed by atoms with Gasteiger partial charge in [-0.1, -0.05) is 6.07 Å². The van der Waals surface area contributed by atoms with E-state index in [1.807, 2.05) is 18.2 Å². The zero-order chi connectivity index (χ0) is 16.8. The number of methoxy groups -OCH3 is 2. The first kappa shape index (κ1) is 15.1. The molecule has 0 radical (unpaired) electrons. The fraction of sp³-hybridized carbons (Fsp3) is 0.368. The van der Waals surface area contributed by atoms with Gasteiger partial charge in [0.15, 0.2) is 23.0 Å². The Morgan fingerprint density at radius 1 is 1.17 bits per heavy atom. The number of rotatable bonds is 2. The Bertz CT molecular complexity index is 802. The SMILES string of the molecule is COc1cc2c(cc1OC)[C@H]1CN(C)CCc3ccc(O)c(c31)O2. The van der Waals surface area contributed by atoms with Crippen molar-refractivity contribution in [3.05, 3.63) is 41.0 Å². The average molecular weight is 327 g/mol. The quantitative estimate of drug-likeness (QED) is 0.918. The minimum atomic E-state index is 0.137. The maximum atomic E-state index is 10.3. The molecule has 0 bridgehead atoms. The van der Waals surface area contributed by atoms with Crippen LogP contribution in [0.5, 0.6) is 28.7 Å². The van der Waals surface area contributed by atoms with E-state index in [0.717, 1.165) is 30.6 Å². The molecular formula is C19H21NO4. The van der Waals surface area contributed by atoms with Gasteiger partial charge in [-0.15, -0.1) is 0 Å². The van der Waals surface area contributed by atoms with E-state index in [1.54, 1.807) is 20.3 Å². The predicted molar refractivity (Wildman–Crippen MR) is 90.8 cm³/mol. The summed E-state index contributed by atoms with van der Waals surface area (Å²) in [4.78, 5) is 2.32. The van der Waals surface area contributed by atoms with Crippen molar-refractivity contribution in [2.45, 2.75) is 12.3 Å². The molecule has 2 heterocycles. The number of benzene rings is 2. The van der Waals surface area contributed by atoms with Gasteiger partial charge in [-0.05, 0) is 31.2 Å². The van der Waals surface area contributed by atoms with Crippen molar-refractivity contribution < 1.29 is 19.3 Å². The molecule has 2 aromatic carbocycles. The largest absolute Gasteiger partial charge is 0.504 e. The van der Waals surface area contributed by atoms with Crippen LogP contribution in [0.4, 0.5) is 0 Å². The fourth-order valence-electron chi connectivity index (χ4n) is 3.74. The van der Waals surface area contributed by atoms with E-state index in [1.165, 1.54) is 5.56 Å². The highest BCUT2D eigenvalue weighted by Crippen LogP contribution is 2.52. The third kappa shape index (κ3) is 2.19. The fourth-order valence-corrected chi connectivity index (χ4v) is 3.74. The van der Waals surface area contributed by atoms with E-state index < -0.39 is 0 Å². The Labute approximate surface area is 141 Å². The second kappa shape index (κ2) is 5.60. The van der Waals surface area contributed by atoms with E-state index in [-0.39, 0.29) is 11.7 Å². The van der Waals surface area contributed by atoms with Gasteiger partial charge in [-0.2, -0.15) is 0 Å². The molecule has 0 fully saturated rings. The molecule has 0 unspecified atom stereocenters. The van der Waals surface area contributed by atoms with Crippen molar-refractivity contribution in [1.82, 2.24) is 4.90 Å². The van der Waals surface area contributed by atoms with Crippen LogP contribution in [-0.2, 0) is 6.42 Å². The number of ether oxygens (including phenoxy) is 3. The highest BCUT2D eigenvalue weighted by molar-refractivity contribution is 5.64. The Morgan fingerprint density at radius 3 is 2.67 bits per heavy atom. The highest BCUT2D eigenvalue weighted by atomic mass is 16.5. The second-order valence-corrected chi connectivity index (χ2v) is 6.40. The molecule has 126 valence electrons. The Morgan fingerprint density at radius 2 is 1.92 bits per heavy atom. The van der Waals surface area contributed by atoms with Crippen molar-refractivity contribution in [3.8, 4) is 28.7 Å².